The number of hydrogen-bond donors (Lipinski definition) is 0. The fourth-order valence-corrected chi connectivity index (χ4v) is 2.55. The average Bonchev–Trinajstić information content (AvgIpc) is 2.68. The molecule has 20 heavy (non-hydrogen) atoms. The highest BCUT2D eigenvalue weighted by Gasteiger charge is 2.18. The standard InChI is InChI=1S/C14H16Cl2N2O2/c15-12-3-2-11(8-13(12)16)9-14(20)18-5-1-4-17(10-19)6-7-18/h2-3,8,10H,1,4-7,9H2. The van der Waals surface area contributed by atoms with Gasteiger partial charge in [0, 0.05) is 26.2 Å². The Hall–Kier alpha value is -1.26. The summed E-state index contributed by atoms with van der Waals surface area (Å²) in [6.45, 7) is 2.57. The number of hydrogen-bond acceptors (Lipinski definition) is 2. The number of halogens is 2. The number of carbonyl (C=O) groups is 2. The van der Waals surface area contributed by atoms with E-state index in [1.54, 1.807) is 21.9 Å². The van der Waals surface area contributed by atoms with Gasteiger partial charge in [0.2, 0.25) is 12.3 Å². The molecule has 2 amide bonds. The van der Waals surface area contributed by atoms with Crippen LogP contribution >= 0.6 is 23.2 Å². The van der Waals surface area contributed by atoms with Crippen LogP contribution in [-0.4, -0.2) is 48.3 Å². The fourth-order valence-electron chi connectivity index (χ4n) is 2.23. The smallest absolute Gasteiger partial charge is 0.227 e. The lowest BCUT2D eigenvalue weighted by Gasteiger charge is -2.20. The van der Waals surface area contributed by atoms with E-state index in [1.807, 2.05) is 6.07 Å². The molecule has 1 saturated heterocycles. The molecule has 0 radical (unpaired) electrons. The largest absolute Gasteiger partial charge is 0.343 e. The molecule has 4 nitrogen and oxygen atoms in total. The fraction of sp³-hybridized carbons (Fsp3) is 0.429. The van der Waals surface area contributed by atoms with Crippen molar-refractivity contribution in [1.82, 2.24) is 9.80 Å². The van der Waals surface area contributed by atoms with Crippen LogP contribution in [0.25, 0.3) is 0 Å². The van der Waals surface area contributed by atoms with Crippen molar-refractivity contribution in [1.29, 1.82) is 0 Å². The predicted octanol–water partition coefficient (Wildman–Crippen LogP) is 2.23. The first kappa shape index (κ1) is 15.1. The van der Waals surface area contributed by atoms with Crippen LogP contribution in [0, 0.1) is 0 Å². The van der Waals surface area contributed by atoms with Crippen LogP contribution in [0.15, 0.2) is 18.2 Å². The molecular formula is C14H16Cl2N2O2. The molecule has 0 atom stereocenters. The summed E-state index contributed by atoms with van der Waals surface area (Å²) in [7, 11) is 0. The van der Waals surface area contributed by atoms with E-state index in [9.17, 15) is 9.59 Å². The third kappa shape index (κ3) is 3.87. The van der Waals surface area contributed by atoms with Crippen molar-refractivity contribution in [3.63, 3.8) is 0 Å². The monoisotopic (exact) mass is 314 g/mol. The first-order valence-electron chi connectivity index (χ1n) is 6.51. The predicted molar refractivity (Wildman–Crippen MR) is 79.0 cm³/mol. The van der Waals surface area contributed by atoms with Crippen LogP contribution in [0.5, 0.6) is 0 Å². The average molecular weight is 315 g/mol. The van der Waals surface area contributed by atoms with Crippen LogP contribution in [-0.2, 0) is 16.0 Å². The van der Waals surface area contributed by atoms with Gasteiger partial charge >= 0.3 is 0 Å². The summed E-state index contributed by atoms with van der Waals surface area (Å²) in [5.74, 6) is 0.0520. The van der Waals surface area contributed by atoms with Gasteiger partial charge in [0.1, 0.15) is 0 Å². The highest BCUT2D eigenvalue weighted by molar-refractivity contribution is 6.42. The minimum Gasteiger partial charge on any atom is -0.343 e. The molecule has 1 aliphatic heterocycles. The quantitative estimate of drug-likeness (QED) is 0.803. The zero-order chi connectivity index (χ0) is 14.5. The van der Waals surface area contributed by atoms with Crippen molar-refractivity contribution in [3.8, 4) is 0 Å². The van der Waals surface area contributed by atoms with Gasteiger partial charge < -0.3 is 9.80 Å². The second kappa shape index (κ2) is 6.95. The Morgan fingerprint density at radius 2 is 1.95 bits per heavy atom. The molecule has 1 aliphatic rings. The van der Waals surface area contributed by atoms with Gasteiger partial charge in [-0.2, -0.15) is 0 Å². The molecule has 0 N–H and O–H groups in total. The second-order valence-electron chi connectivity index (χ2n) is 4.80. The van der Waals surface area contributed by atoms with Crippen molar-refractivity contribution in [3.05, 3.63) is 33.8 Å². The Morgan fingerprint density at radius 3 is 2.65 bits per heavy atom. The number of rotatable bonds is 3. The topological polar surface area (TPSA) is 40.6 Å². The van der Waals surface area contributed by atoms with Gasteiger partial charge in [-0.05, 0) is 24.1 Å². The lowest BCUT2D eigenvalue weighted by molar-refractivity contribution is -0.130. The molecule has 1 heterocycles. The maximum atomic E-state index is 12.3. The molecule has 1 aromatic carbocycles. The zero-order valence-corrected chi connectivity index (χ0v) is 12.5. The van der Waals surface area contributed by atoms with Gasteiger partial charge in [-0.25, -0.2) is 0 Å². The number of amides is 2. The molecule has 1 aromatic rings. The Balaban J connectivity index is 1.97. The summed E-state index contributed by atoms with van der Waals surface area (Å²) < 4.78 is 0. The van der Waals surface area contributed by atoms with Crippen LogP contribution in [0.3, 0.4) is 0 Å². The normalized spacial score (nSPS) is 15.9. The van der Waals surface area contributed by atoms with Crippen LogP contribution in [0.4, 0.5) is 0 Å². The first-order valence-corrected chi connectivity index (χ1v) is 7.27. The SMILES string of the molecule is O=CN1CCCN(C(=O)Cc2ccc(Cl)c(Cl)c2)CC1. The summed E-state index contributed by atoms with van der Waals surface area (Å²) in [6, 6.07) is 5.22. The van der Waals surface area contributed by atoms with Crippen LogP contribution in [0.1, 0.15) is 12.0 Å². The Labute approximate surface area is 128 Å². The van der Waals surface area contributed by atoms with Crippen molar-refractivity contribution in [2.75, 3.05) is 26.2 Å². The molecule has 0 bridgehead atoms. The maximum absolute atomic E-state index is 12.3. The molecule has 0 aromatic heterocycles. The molecule has 0 aliphatic carbocycles. The maximum Gasteiger partial charge on any atom is 0.227 e. The minimum atomic E-state index is 0.0520. The molecule has 2 rings (SSSR count). The molecule has 0 spiro atoms. The van der Waals surface area contributed by atoms with Gasteiger partial charge in [-0.1, -0.05) is 29.3 Å². The van der Waals surface area contributed by atoms with Gasteiger partial charge in [0.15, 0.2) is 0 Å². The van der Waals surface area contributed by atoms with Crippen molar-refractivity contribution >= 4 is 35.5 Å². The van der Waals surface area contributed by atoms with Crippen LogP contribution in [0.2, 0.25) is 10.0 Å². The molecule has 0 unspecified atom stereocenters. The second-order valence-corrected chi connectivity index (χ2v) is 5.62. The van der Waals surface area contributed by atoms with Crippen molar-refractivity contribution < 1.29 is 9.59 Å². The lowest BCUT2D eigenvalue weighted by atomic mass is 10.1. The zero-order valence-electron chi connectivity index (χ0n) is 11.0. The third-order valence-corrected chi connectivity index (χ3v) is 4.11. The van der Waals surface area contributed by atoms with E-state index in [0.717, 1.165) is 18.4 Å². The lowest BCUT2D eigenvalue weighted by Crippen LogP contribution is -2.35. The van der Waals surface area contributed by atoms with Gasteiger partial charge in [-0.3, -0.25) is 9.59 Å². The van der Waals surface area contributed by atoms with E-state index in [4.69, 9.17) is 23.2 Å². The first-order chi connectivity index (χ1) is 9.60. The van der Waals surface area contributed by atoms with Crippen LogP contribution < -0.4 is 0 Å². The van der Waals surface area contributed by atoms with E-state index >= 15 is 0 Å². The van der Waals surface area contributed by atoms with E-state index < -0.39 is 0 Å². The summed E-state index contributed by atoms with van der Waals surface area (Å²) in [5, 5.41) is 0.944. The molecule has 108 valence electrons. The van der Waals surface area contributed by atoms with E-state index in [2.05, 4.69) is 0 Å². The number of benzene rings is 1. The highest BCUT2D eigenvalue weighted by atomic mass is 35.5. The Morgan fingerprint density at radius 1 is 1.15 bits per heavy atom. The number of nitrogens with zero attached hydrogens (tertiary/aromatic N) is 2. The molecular weight excluding hydrogens is 299 g/mol. The molecule has 0 saturated carbocycles. The van der Waals surface area contributed by atoms with Gasteiger partial charge in [-0.15, -0.1) is 0 Å². The highest BCUT2D eigenvalue weighted by Crippen LogP contribution is 2.23. The summed E-state index contributed by atoms with van der Waals surface area (Å²) in [5.41, 5.74) is 0.848. The summed E-state index contributed by atoms with van der Waals surface area (Å²) in [4.78, 5) is 26.5. The van der Waals surface area contributed by atoms with E-state index in [0.29, 0.717) is 42.6 Å². The minimum absolute atomic E-state index is 0.0520. The molecule has 6 heteroatoms. The van der Waals surface area contributed by atoms with Crippen molar-refractivity contribution in [2.45, 2.75) is 12.8 Å². The van der Waals surface area contributed by atoms with Crippen molar-refractivity contribution in [2.24, 2.45) is 0 Å². The number of carbonyl (C=O) groups excluding carboxylic acids is 2. The van der Waals surface area contributed by atoms with Gasteiger partial charge in [0.25, 0.3) is 0 Å². The Bertz CT molecular complexity index is 508. The van der Waals surface area contributed by atoms with E-state index in [-0.39, 0.29) is 5.91 Å². The third-order valence-electron chi connectivity index (χ3n) is 3.37. The molecule has 1 fully saturated rings. The Kier molecular flexibility index (Phi) is 5.26. The van der Waals surface area contributed by atoms with E-state index in [1.165, 1.54) is 0 Å². The van der Waals surface area contributed by atoms with Gasteiger partial charge in [0.05, 0.1) is 16.5 Å². The summed E-state index contributed by atoms with van der Waals surface area (Å²) >= 11 is 11.8. The summed E-state index contributed by atoms with van der Waals surface area (Å²) in [6.07, 6.45) is 1.96.